The fraction of sp³-hybridized carbons (Fsp3) is 0.286. The molecule has 0 atom stereocenters. The second-order valence-corrected chi connectivity index (χ2v) is 5.66. The highest BCUT2D eigenvalue weighted by Gasteiger charge is 2.18. The first-order valence-corrected chi connectivity index (χ1v) is 7.30. The third-order valence-corrected chi connectivity index (χ3v) is 4.11. The Hall–Kier alpha value is -1.53. The lowest BCUT2D eigenvalue weighted by Crippen LogP contribution is -2.17. The van der Waals surface area contributed by atoms with Crippen LogP contribution in [0.5, 0.6) is 0 Å². The normalized spacial score (nSPS) is 13.9. The molecule has 1 heterocycles. The summed E-state index contributed by atoms with van der Waals surface area (Å²) >= 11 is 3.18. The number of nitrogen functional groups attached to an aromatic ring is 1. The molecule has 1 aromatic heterocycles. The molecule has 4 nitrogen and oxygen atoms in total. The molecule has 104 valence electrons. The van der Waals surface area contributed by atoms with E-state index in [1.54, 1.807) is 12.1 Å². The van der Waals surface area contributed by atoms with Crippen molar-refractivity contribution in [3.05, 3.63) is 39.7 Å². The Morgan fingerprint density at radius 1 is 1.20 bits per heavy atom. The second-order valence-electron chi connectivity index (χ2n) is 4.80. The van der Waals surface area contributed by atoms with Gasteiger partial charge in [0.15, 0.2) is 5.82 Å². The van der Waals surface area contributed by atoms with Crippen molar-refractivity contribution in [1.29, 1.82) is 0 Å². The lowest BCUT2D eigenvalue weighted by atomic mass is 9.96. The minimum absolute atomic E-state index is 0.302. The molecule has 2 aromatic rings. The van der Waals surface area contributed by atoms with Gasteiger partial charge in [0.1, 0.15) is 11.6 Å². The van der Waals surface area contributed by atoms with Gasteiger partial charge in [-0.05, 0) is 59.8 Å². The van der Waals surface area contributed by atoms with Crippen molar-refractivity contribution in [2.24, 2.45) is 5.84 Å². The van der Waals surface area contributed by atoms with E-state index < -0.39 is 0 Å². The van der Waals surface area contributed by atoms with E-state index in [1.807, 2.05) is 0 Å². The number of aryl methyl sites for hydroxylation is 1. The number of hydrogen-bond acceptors (Lipinski definition) is 4. The number of nitrogens with two attached hydrogens (primary N) is 1. The highest BCUT2D eigenvalue weighted by atomic mass is 79.9. The van der Waals surface area contributed by atoms with Crippen LogP contribution in [0.3, 0.4) is 0 Å². The largest absolute Gasteiger partial charge is 0.308 e. The van der Waals surface area contributed by atoms with Crippen LogP contribution >= 0.6 is 15.9 Å². The second kappa shape index (κ2) is 5.46. The van der Waals surface area contributed by atoms with Crippen molar-refractivity contribution in [1.82, 2.24) is 9.97 Å². The van der Waals surface area contributed by atoms with Crippen molar-refractivity contribution < 1.29 is 4.39 Å². The zero-order chi connectivity index (χ0) is 14.1. The smallest absolute Gasteiger partial charge is 0.161 e. The predicted molar refractivity (Wildman–Crippen MR) is 79.6 cm³/mol. The van der Waals surface area contributed by atoms with Crippen LogP contribution in [0.15, 0.2) is 22.7 Å². The molecule has 0 radical (unpaired) electrons. The summed E-state index contributed by atoms with van der Waals surface area (Å²) in [5, 5.41) is 0. The molecule has 1 aliphatic carbocycles. The summed E-state index contributed by atoms with van der Waals surface area (Å²) < 4.78 is 13.7. The average molecular weight is 337 g/mol. The van der Waals surface area contributed by atoms with E-state index in [-0.39, 0.29) is 5.82 Å². The van der Waals surface area contributed by atoms with Gasteiger partial charge in [-0.2, -0.15) is 0 Å². The van der Waals surface area contributed by atoms with E-state index in [0.717, 1.165) is 42.5 Å². The monoisotopic (exact) mass is 336 g/mol. The van der Waals surface area contributed by atoms with Crippen LogP contribution in [0.2, 0.25) is 0 Å². The molecule has 0 unspecified atom stereocenters. The number of benzene rings is 1. The van der Waals surface area contributed by atoms with Gasteiger partial charge in [-0.15, -0.1) is 0 Å². The first-order valence-electron chi connectivity index (χ1n) is 6.51. The van der Waals surface area contributed by atoms with Gasteiger partial charge in [-0.3, -0.25) is 0 Å². The Morgan fingerprint density at radius 2 is 2.00 bits per heavy atom. The molecule has 1 aromatic carbocycles. The van der Waals surface area contributed by atoms with Gasteiger partial charge < -0.3 is 5.43 Å². The van der Waals surface area contributed by atoms with E-state index in [1.165, 1.54) is 6.07 Å². The van der Waals surface area contributed by atoms with Gasteiger partial charge in [0.2, 0.25) is 0 Å². The molecule has 0 saturated carbocycles. The number of nitrogens with zero attached hydrogens (tertiary/aromatic N) is 2. The average Bonchev–Trinajstić information content (AvgIpc) is 2.49. The van der Waals surface area contributed by atoms with Crippen molar-refractivity contribution in [2.45, 2.75) is 25.7 Å². The molecule has 1 aliphatic rings. The highest BCUT2D eigenvalue weighted by molar-refractivity contribution is 9.10. The summed E-state index contributed by atoms with van der Waals surface area (Å²) in [6.07, 6.45) is 4.14. The Bertz CT molecular complexity index is 643. The summed E-state index contributed by atoms with van der Waals surface area (Å²) in [6, 6.07) is 4.75. The summed E-state index contributed by atoms with van der Waals surface area (Å²) in [5.74, 6) is 6.50. The summed E-state index contributed by atoms with van der Waals surface area (Å²) in [5.41, 5.74) is 5.56. The number of rotatable bonds is 2. The number of hydrazine groups is 1. The van der Waals surface area contributed by atoms with Crippen molar-refractivity contribution in [3.63, 3.8) is 0 Å². The molecule has 0 spiro atoms. The third kappa shape index (κ3) is 2.41. The maximum Gasteiger partial charge on any atom is 0.161 e. The van der Waals surface area contributed by atoms with Crippen molar-refractivity contribution in [3.8, 4) is 11.4 Å². The topological polar surface area (TPSA) is 63.8 Å². The molecule has 0 fully saturated rings. The third-order valence-electron chi connectivity index (χ3n) is 3.50. The molecule has 6 heteroatoms. The summed E-state index contributed by atoms with van der Waals surface area (Å²) in [4.78, 5) is 9.07. The van der Waals surface area contributed by atoms with E-state index in [2.05, 4.69) is 31.3 Å². The van der Waals surface area contributed by atoms with Crippen LogP contribution < -0.4 is 11.3 Å². The Morgan fingerprint density at radius 3 is 2.75 bits per heavy atom. The Labute approximate surface area is 124 Å². The minimum atomic E-state index is -0.302. The lowest BCUT2D eigenvalue weighted by Gasteiger charge is -2.18. The van der Waals surface area contributed by atoms with Crippen LogP contribution in [-0.4, -0.2) is 9.97 Å². The molecule has 3 N–H and O–H groups in total. The molecular weight excluding hydrogens is 323 g/mol. The van der Waals surface area contributed by atoms with Crippen LogP contribution in [0.4, 0.5) is 10.2 Å². The fourth-order valence-electron chi connectivity index (χ4n) is 2.48. The molecule has 0 aliphatic heterocycles. The van der Waals surface area contributed by atoms with Crippen molar-refractivity contribution >= 4 is 21.7 Å². The molecule has 0 bridgehead atoms. The Kier molecular flexibility index (Phi) is 3.67. The molecule has 3 rings (SSSR count). The maximum absolute atomic E-state index is 13.3. The summed E-state index contributed by atoms with van der Waals surface area (Å²) in [7, 11) is 0. The minimum Gasteiger partial charge on any atom is -0.308 e. The predicted octanol–water partition coefficient (Wildman–Crippen LogP) is 3.21. The van der Waals surface area contributed by atoms with Gasteiger partial charge >= 0.3 is 0 Å². The number of aromatic nitrogens is 2. The van der Waals surface area contributed by atoms with E-state index >= 15 is 0 Å². The quantitative estimate of drug-likeness (QED) is 0.652. The van der Waals surface area contributed by atoms with Crippen molar-refractivity contribution in [2.75, 3.05) is 5.43 Å². The lowest BCUT2D eigenvalue weighted by molar-refractivity contribution is 0.621. The summed E-state index contributed by atoms with van der Waals surface area (Å²) in [6.45, 7) is 0. The van der Waals surface area contributed by atoms with Crippen LogP contribution in [0, 0.1) is 5.82 Å². The number of halogens is 2. The van der Waals surface area contributed by atoms with Gasteiger partial charge in [-0.1, -0.05) is 0 Å². The standard InChI is InChI=1S/C14H14BrFN4/c15-10-7-8(5-6-11(10)16)13-18-12-4-2-1-3-9(12)14(19-13)20-17/h5-7H,1-4,17H2,(H,18,19,20). The fourth-order valence-corrected chi connectivity index (χ4v) is 2.86. The van der Waals surface area contributed by atoms with Gasteiger partial charge in [0, 0.05) is 16.8 Å². The SMILES string of the molecule is NNc1nc(-c2ccc(F)c(Br)c2)nc2c1CCCC2. The Balaban J connectivity index is 2.11. The van der Waals surface area contributed by atoms with E-state index in [4.69, 9.17) is 5.84 Å². The molecule has 0 amide bonds. The number of nitrogens with one attached hydrogen (secondary N) is 1. The van der Waals surface area contributed by atoms with E-state index in [0.29, 0.717) is 16.1 Å². The zero-order valence-electron chi connectivity index (χ0n) is 10.8. The number of hydrogen-bond donors (Lipinski definition) is 2. The number of fused-ring (bicyclic) bond motifs is 1. The maximum atomic E-state index is 13.3. The molecular formula is C14H14BrFN4. The van der Waals surface area contributed by atoms with Crippen LogP contribution in [0.25, 0.3) is 11.4 Å². The molecule has 20 heavy (non-hydrogen) atoms. The first kappa shape index (κ1) is 13.5. The highest BCUT2D eigenvalue weighted by Crippen LogP contribution is 2.29. The van der Waals surface area contributed by atoms with Gasteiger partial charge in [0.25, 0.3) is 0 Å². The first-order chi connectivity index (χ1) is 9.69. The van der Waals surface area contributed by atoms with Crippen LogP contribution in [0.1, 0.15) is 24.1 Å². The van der Waals surface area contributed by atoms with Gasteiger partial charge in [0.05, 0.1) is 4.47 Å². The zero-order valence-corrected chi connectivity index (χ0v) is 12.4. The van der Waals surface area contributed by atoms with Crippen LogP contribution in [-0.2, 0) is 12.8 Å². The van der Waals surface area contributed by atoms with Gasteiger partial charge in [-0.25, -0.2) is 20.2 Å². The number of anilines is 1. The molecule has 0 saturated heterocycles. The van der Waals surface area contributed by atoms with E-state index in [9.17, 15) is 4.39 Å².